The lowest BCUT2D eigenvalue weighted by molar-refractivity contribution is -0.903. The predicted octanol–water partition coefficient (Wildman–Crippen LogP) is 6.52. The molecule has 2 aromatic rings. The van der Waals surface area contributed by atoms with Gasteiger partial charge >= 0.3 is 0 Å². The first-order valence-electron chi connectivity index (χ1n) is 11.9. The van der Waals surface area contributed by atoms with Crippen molar-refractivity contribution < 1.29 is 9.41 Å². The summed E-state index contributed by atoms with van der Waals surface area (Å²) in [5.41, 5.74) is 1.46. The molecule has 0 saturated carbocycles. The summed E-state index contributed by atoms with van der Waals surface area (Å²) in [7, 11) is 4.73. The molecule has 1 aromatic carbocycles. The van der Waals surface area contributed by atoms with Crippen LogP contribution < -0.4 is 4.98 Å². The van der Waals surface area contributed by atoms with Crippen molar-refractivity contribution in [2.75, 3.05) is 20.6 Å². The molecule has 0 fully saturated rings. The average Bonchev–Trinajstić information content (AvgIpc) is 3.28. The van der Waals surface area contributed by atoms with E-state index in [9.17, 15) is 10.1 Å². The van der Waals surface area contributed by atoms with E-state index < -0.39 is 4.92 Å². The van der Waals surface area contributed by atoms with Gasteiger partial charge in [-0.3, -0.25) is 0 Å². The first-order valence-corrected chi connectivity index (χ1v) is 11.9. The summed E-state index contributed by atoms with van der Waals surface area (Å²) < 4.78 is 1.11. The van der Waals surface area contributed by atoms with Gasteiger partial charge in [0.2, 0.25) is 0 Å². The molecule has 0 aliphatic rings. The van der Waals surface area contributed by atoms with Crippen LogP contribution in [0.15, 0.2) is 42.9 Å². The molecule has 0 radical (unpaired) electrons. The lowest BCUT2D eigenvalue weighted by Crippen LogP contribution is -2.39. The molecule has 1 heterocycles. The second kappa shape index (κ2) is 16.5. The molecule has 0 bridgehead atoms. The molecule has 174 valence electrons. The molecule has 2 rings (SSSR count). The average molecular weight is 431 g/mol. The largest absolute Gasteiger partial charge is 0.446 e. The standard InChI is InChI=1S/C22H40N.C3H2N3O2/c1-4-5-6-7-8-9-10-11-12-13-17-20-23(2,3)21-22-18-15-14-16-19-22;7-6(8)3-1-4-2-5-3/h14-16,18-19H,4-13,17,20-21H2,1-3H3;1-2H/q+1;-1. The van der Waals surface area contributed by atoms with Crippen molar-refractivity contribution in [3.8, 4) is 0 Å². The van der Waals surface area contributed by atoms with Gasteiger partial charge in [0.15, 0.2) is 5.82 Å². The van der Waals surface area contributed by atoms with E-state index in [4.69, 9.17) is 0 Å². The van der Waals surface area contributed by atoms with Gasteiger partial charge in [-0.1, -0.05) is 106 Å². The SMILES string of the molecule is CCCCCCCCCCCCC[N+](C)(C)Cc1ccccc1.O=[N+]([O-])c1c[n-]cn1. The Balaban J connectivity index is 0.000000500. The maximum absolute atomic E-state index is 9.77. The zero-order valence-corrected chi connectivity index (χ0v) is 19.8. The smallest absolute Gasteiger partial charge is 0.158 e. The van der Waals surface area contributed by atoms with E-state index in [0.717, 1.165) is 23.6 Å². The van der Waals surface area contributed by atoms with Crippen molar-refractivity contribution in [2.24, 2.45) is 0 Å². The van der Waals surface area contributed by atoms with Crippen molar-refractivity contribution in [3.05, 3.63) is 58.5 Å². The Morgan fingerprint density at radius 3 is 1.90 bits per heavy atom. The normalized spacial score (nSPS) is 11.1. The highest BCUT2D eigenvalue weighted by Gasteiger charge is 2.14. The molecule has 0 N–H and O–H groups in total. The molecule has 6 heteroatoms. The molecule has 0 aliphatic heterocycles. The Labute approximate surface area is 188 Å². The lowest BCUT2D eigenvalue weighted by atomic mass is 10.1. The molecule has 0 spiro atoms. The molecule has 31 heavy (non-hydrogen) atoms. The maximum Gasteiger partial charge on any atom is 0.158 e. The number of nitro groups is 1. The van der Waals surface area contributed by atoms with Gasteiger partial charge < -0.3 is 24.6 Å². The van der Waals surface area contributed by atoms with Gasteiger partial charge in [0, 0.05) is 5.56 Å². The van der Waals surface area contributed by atoms with E-state index in [1.807, 2.05) is 0 Å². The van der Waals surface area contributed by atoms with Crippen LogP contribution in [0.25, 0.3) is 0 Å². The van der Waals surface area contributed by atoms with Crippen LogP contribution >= 0.6 is 0 Å². The van der Waals surface area contributed by atoms with Crippen LogP contribution in [0.2, 0.25) is 0 Å². The van der Waals surface area contributed by atoms with Crippen molar-refractivity contribution in [3.63, 3.8) is 0 Å². The van der Waals surface area contributed by atoms with Crippen LogP contribution in [0, 0.1) is 10.1 Å². The fraction of sp³-hybridized carbons (Fsp3) is 0.640. The molecule has 1 aromatic heterocycles. The fourth-order valence-electron chi connectivity index (χ4n) is 3.68. The summed E-state index contributed by atoms with van der Waals surface area (Å²) >= 11 is 0. The van der Waals surface area contributed by atoms with E-state index in [-0.39, 0.29) is 5.82 Å². The van der Waals surface area contributed by atoms with Crippen molar-refractivity contribution in [1.29, 1.82) is 0 Å². The summed E-state index contributed by atoms with van der Waals surface area (Å²) in [4.78, 5) is 15.9. The Kier molecular flexibility index (Phi) is 14.3. The number of benzene rings is 1. The second-order valence-electron chi connectivity index (χ2n) is 8.98. The van der Waals surface area contributed by atoms with Crippen LogP contribution in [0.4, 0.5) is 5.82 Å². The topological polar surface area (TPSA) is 70.1 Å². The molecular formula is C25H42N4O2. The quantitative estimate of drug-likeness (QED) is 0.139. The zero-order chi connectivity index (χ0) is 22.8. The predicted molar refractivity (Wildman–Crippen MR) is 128 cm³/mol. The third-order valence-electron chi connectivity index (χ3n) is 5.45. The van der Waals surface area contributed by atoms with Crippen LogP contribution in [-0.4, -0.2) is 35.0 Å². The first kappa shape index (κ1) is 26.8. The van der Waals surface area contributed by atoms with Gasteiger partial charge in [0.25, 0.3) is 0 Å². The number of aromatic nitrogens is 2. The number of hydrogen-bond acceptors (Lipinski definition) is 3. The van der Waals surface area contributed by atoms with E-state index in [1.54, 1.807) is 0 Å². The summed E-state index contributed by atoms with van der Waals surface area (Å²) in [5.74, 6) is -0.204. The highest BCUT2D eigenvalue weighted by Crippen LogP contribution is 2.14. The van der Waals surface area contributed by atoms with E-state index >= 15 is 0 Å². The minimum absolute atomic E-state index is 0.204. The maximum atomic E-state index is 9.77. The molecule has 0 atom stereocenters. The number of nitrogens with zero attached hydrogens (tertiary/aromatic N) is 4. The van der Waals surface area contributed by atoms with Gasteiger partial charge in [0.05, 0.1) is 20.6 Å². The highest BCUT2D eigenvalue weighted by atomic mass is 16.6. The molecule has 0 amide bonds. The lowest BCUT2D eigenvalue weighted by Gasteiger charge is -2.30. The Morgan fingerprint density at radius 2 is 1.45 bits per heavy atom. The Hall–Kier alpha value is -2.21. The van der Waals surface area contributed by atoms with Gasteiger partial charge in [-0.15, -0.1) is 0 Å². The van der Waals surface area contributed by atoms with E-state index in [1.165, 1.54) is 82.7 Å². The fourth-order valence-corrected chi connectivity index (χ4v) is 3.68. The van der Waals surface area contributed by atoms with Gasteiger partial charge in [0.1, 0.15) is 6.54 Å². The summed E-state index contributed by atoms with van der Waals surface area (Å²) in [6.07, 6.45) is 18.0. The number of quaternary nitrogens is 1. The van der Waals surface area contributed by atoms with Crippen molar-refractivity contribution in [2.45, 2.75) is 84.1 Å². The zero-order valence-electron chi connectivity index (χ0n) is 19.8. The first-order chi connectivity index (χ1) is 14.9. The third-order valence-corrected chi connectivity index (χ3v) is 5.45. The monoisotopic (exact) mass is 430 g/mol. The molecule has 0 saturated heterocycles. The third kappa shape index (κ3) is 14.4. The summed E-state index contributed by atoms with van der Waals surface area (Å²) in [6.45, 7) is 4.74. The van der Waals surface area contributed by atoms with Crippen LogP contribution in [0.5, 0.6) is 0 Å². The molecule has 0 unspecified atom stereocenters. The van der Waals surface area contributed by atoms with Crippen molar-refractivity contribution in [1.82, 2.24) is 9.97 Å². The number of imidazole rings is 1. The van der Waals surface area contributed by atoms with Gasteiger partial charge in [-0.05, 0) is 19.0 Å². The van der Waals surface area contributed by atoms with Crippen LogP contribution in [0.3, 0.4) is 0 Å². The molecule has 6 nitrogen and oxygen atoms in total. The minimum atomic E-state index is -0.590. The second-order valence-corrected chi connectivity index (χ2v) is 8.98. The molecule has 0 aliphatic carbocycles. The van der Waals surface area contributed by atoms with Crippen LogP contribution in [0.1, 0.15) is 83.1 Å². The van der Waals surface area contributed by atoms with E-state index in [0.29, 0.717) is 0 Å². The molecular weight excluding hydrogens is 388 g/mol. The summed E-state index contributed by atoms with van der Waals surface area (Å²) in [6, 6.07) is 10.9. The van der Waals surface area contributed by atoms with Gasteiger partial charge in [-0.2, -0.15) is 0 Å². The van der Waals surface area contributed by atoms with E-state index in [2.05, 4.69) is 61.3 Å². The number of hydrogen-bond donors (Lipinski definition) is 0. The van der Waals surface area contributed by atoms with Gasteiger partial charge in [-0.25, -0.2) is 0 Å². The number of rotatable bonds is 15. The minimum Gasteiger partial charge on any atom is -0.446 e. The Morgan fingerprint density at radius 1 is 0.903 bits per heavy atom. The van der Waals surface area contributed by atoms with Crippen molar-refractivity contribution >= 4 is 5.82 Å². The van der Waals surface area contributed by atoms with Crippen LogP contribution in [-0.2, 0) is 6.54 Å². The number of unbranched alkanes of at least 4 members (excludes halogenated alkanes) is 10. The Bertz CT molecular complexity index is 672. The summed E-state index contributed by atoms with van der Waals surface area (Å²) in [5, 5.41) is 9.77. The highest BCUT2D eigenvalue weighted by molar-refractivity contribution is 5.13.